The lowest BCUT2D eigenvalue weighted by Crippen LogP contribution is -2.23. The molecule has 0 aromatic carbocycles. The van der Waals surface area contributed by atoms with Crippen molar-refractivity contribution in [2.24, 2.45) is 34.5 Å². The van der Waals surface area contributed by atoms with E-state index in [1.807, 2.05) is 0 Å². The Balaban J connectivity index is 1.74. The summed E-state index contributed by atoms with van der Waals surface area (Å²) in [6.45, 7) is 8.81. The van der Waals surface area contributed by atoms with Crippen LogP contribution in [0.3, 0.4) is 0 Å². The van der Waals surface area contributed by atoms with Crippen molar-refractivity contribution < 1.29 is 20.4 Å². The van der Waals surface area contributed by atoms with Gasteiger partial charge in [-0.05, 0) is 74.0 Å². The Bertz CT molecular complexity index is 481. The molecule has 4 heteroatoms. The first-order chi connectivity index (χ1) is 14.1. The van der Waals surface area contributed by atoms with Gasteiger partial charge in [-0.2, -0.15) is 0 Å². The van der Waals surface area contributed by atoms with Crippen LogP contribution in [0.1, 0.15) is 91.9 Å². The Hall–Kier alpha value is -0.420. The summed E-state index contributed by atoms with van der Waals surface area (Å²) in [5, 5.41) is 40.3. The SMILES string of the molecule is CC(C)(CO)CCCC1CCC(/C=C/C2CCC(CCCC(C)(C)CO)C2O)C1O. The Labute approximate surface area is 184 Å². The molecule has 0 spiro atoms. The monoisotopic (exact) mass is 424 g/mol. The molecule has 0 saturated heterocycles. The average Bonchev–Trinajstić information content (AvgIpc) is 3.23. The predicted molar refractivity (Wildman–Crippen MR) is 123 cm³/mol. The van der Waals surface area contributed by atoms with Gasteiger partial charge < -0.3 is 20.4 Å². The van der Waals surface area contributed by atoms with Crippen molar-refractivity contribution in [1.29, 1.82) is 0 Å². The number of rotatable bonds is 12. The minimum atomic E-state index is -0.270. The summed E-state index contributed by atoms with van der Waals surface area (Å²) in [5.74, 6) is 1.17. The molecule has 0 heterocycles. The highest BCUT2D eigenvalue weighted by Gasteiger charge is 2.35. The molecule has 6 unspecified atom stereocenters. The van der Waals surface area contributed by atoms with Crippen molar-refractivity contribution in [3.8, 4) is 0 Å². The molecule has 0 aromatic rings. The summed E-state index contributed by atoms with van der Waals surface area (Å²) in [6.07, 6.45) is 14.2. The van der Waals surface area contributed by atoms with Gasteiger partial charge in [0.05, 0.1) is 12.2 Å². The molecule has 2 fully saturated rings. The van der Waals surface area contributed by atoms with Gasteiger partial charge in [0.15, 0.2) is 0 Å². The lowest BCUT2D eigenvalue weighted by molar-refractivity contribution is 0.0915. The van der Waals surface area contributed by atoms with E-state index >= 15 is 0 Å². The molecule has 0 amide bonds. The fraction of sp³-hybridized carbons (Fsp3) is 0.923. The minimum absolute atomic E-state index is 0.0220. The zero-order valence-electron chi connectivity index (χ0n) is 19.9. The van der Waals surface area contributed by atoms with Gasteiger partial charge in [0, 0.05) is 25.0 Å². The van der Waals surface area contributed by atoms with Crippen LogP contribution in [0, 0.1) is 34.5 Å². The summed E-state index contributed by atoms with van der Waals surface area (Å²) in [7, 11) is 0. The lowest BCUT2D eigenvalue weighted by Gasteiger charge is -2.24. The molecule has 2 aliphatic rings. The molecule has 2 saturated carbocycles. The first-order valence-electron chi connectivity index (χ1n) is 12.3. The molecule has 6 atom stereocenters. The van der Waals surface area contributed by atoms with E-state index in [-0.39, 0.29) is 48.1 Å². The maximum Gasteiger partial charge on any atom is 0.0630 e. The van der Waals surface area contributed by atoms with E-state index in [0.717, 1.165) is 64.2 Å². The maximum atomic E-state index is 10.8. The molecule has 0 aliphatic heterocycles. The minimum Gasteiger partial charge on any atom is -0.396 e. The van der Waals surface area contributed by atoms with E-state index in [0.29, 0.717) is 11.8 Å². The van der Waals surface area contributed by atoms with Gasteiger partial charge in [0.25, 0.3) is 0 Å². The van der Waals surface area contributed by atoms with Crippen molar-refractivity contribution in [3.63, 3.8) is 0 Å². The number of hydrogen-bond donors (Lipinski definition) is 4. The van der Waals surface area contributed by atoms with Crippen molar-refractivity contribution >= 4 is 0 Å². The van der Waals surface area contributed by atoms with Gasteiger partial charge in [-0.25, -0.2) is 0 Å². The normalized spacial score (nSPS) is 33.1. The Morgan fingerprint density at radius 1 is 0.667 bits per heavy atom. The summed E-state index contributed by atoms with van der Waals surface area (Å²) < 4.78 is 0. The van der Waals surface area contributed by atoms with Crippen LogP contribution < -0.4 is 0 Å². The van der Waals surface area contributed by atoms with E-state index < -0.39 is 0 Å². The molecular weight excluding hydrogens is 376 g/mol. The van der Waals surface area contributed by atoms with Gasteiger partial charge in [0.2, 0.25) is 0 Å². The first-order valence-corrected chi connectivity index (χ1v) is 12.3. The van der Waals surface area contributed by atoms with Gasteiger partial charge >= 0.3 is 0 Å². The summed E-state index contributed by atoms with van der Waals surface area (Å²) >= 11 is 0. The second kappa shape index (κ2) is 11.4. The topological polar surface area (TPSA) is 80.9 Å². The van der Waals surface area contributed by atoms with Crippen molar-refractivity contribution in [2.75, 3.05) is 13.2 Å². The molecule has 4 N–H and O–H groups in total. The molecule has 4 nitrogen and oxygen atoms in total. The quantitative estimate of drug-likeness (QED) is 0.343. The molecule has 176 valence electrons. The standard InChI is InChI=1S/C26H48O4/c1-25(2,17-27)15-5-7-19-9-11-21(23(19)29)13-14-22-12-10-20(24(22)30)8-6-16-26(3,4)18-28/h13-14,19-24,27-30H,5-12,15-18H2,1-4H3/b14-13+. The van der Waals surface area contributed by atoms with Crippen molar-refractivity contribution in [2.45, 2.75) is 104 Å². The van der Waals surface area contributed by atoms with Crippen molar-refractivity contribution in [1.82, 2.24) is 0 Å². The summed E-state index contributed by atoms with van der Waals surface area (Å²) in [6, 6.07) is 0. The zero-order valence-corrected chi connectivity index (χ0v) is 19.9. The molecule has 0 radical (unpaired) electrons. The van der Waals surface area contributed by atoms with Crippen LogP contribution in [0.4, 0.5) is 0 Å². The number of aliphatic hydroxyl groups is 4. The predicted octanol–water partition coefficient (Wildman–Crippen LogP) is 4.69. The van der Waals surface area contributed by atoms with Crippen molar-refractivity contribution in [3.05, 3.63) is 12.2 Å². The second-order valence-electron chi connectivity index (χ2n) is 11.8. The van der Waals surface area contributed by atoms with Crippen LogP contribution in [0.5, 0.6) is 0 Å². The zero-order chi connectivity index (χ0) is 22.4. The smallest absolute Gasteiger partial charge is 0.0630 e. The fourth-order valence-electron chi connectivity index (χ4n) is 5.37. The van der Waals surface area contributed by atoms with Crippen LogP contribution >= 0.6 is 0 Å². The van der Waals surface area contributed by atoms with Gasteiger partial charge in [-0.15, -0.1) is 0 Å². The lowest BCUT2D eigenvalue weighted by atomic mass is 9.85. The molecule has 0 bridgehead atoms. The van der Waals surface area contributed by atoms with Crippen LogP contribution in [0.15, 0.2) is 12.2 Å². The molecule has 2 aliphatic carbocycles. The Morgan fingerprint density at radius 2 is 1.03 bits per heavy atom. The third-order valence-corrected chi connectivity index (χ3v) is 7.90. The Morgan fingerprint density at radius 3 is 1.37 bits per heavy atom. The third-order valence-electron chi connectivity index (χ3n) is 7.90. The van der Waals surface area contributed by atoms with Gasteiger partial charge in [-0.1, -0.05) is 52.7 Å². The van der Waals surface area contributed by atoms with E-state index in [9.17, 15) is 20.4 Å². The van der Waals surface area contributed by atoms with Crippen LogP contribution in [0.25, 0.3) is 0 Å². The van der Waals surface area contributed by atoms with Gasteiger partial charge in [0.1, 0.15) is 0 Å². The van der Waals surface area contributed by atoms with E-state index in [2.05, 4.69) is 39.8 Å². The van der Waals surface area contributed by atoms with Crippen LogP contribution in [0.2, 0.25) is 0 Å². The highest BCUT2D eigenvalue weighted by molar-refractivity contribution is 5.04. The summed E-state index contributed by atoms with van der Waals surface area (Å²) in [5.41, 5.74) is -0.0439. The number of hydrogen-bond acceptors (Lipinski definition) is 4. The molecule has 2 rings (SSSR count). The maximum absolute atomic E-state index is 10.8. The second-order valence-corrected chi connectivity index (χ2v) is 11.8. The summed E-state index contributed by atoms with van der Waals surface area (Å²) in [4.78, 5) is 0. The third kappa shape index (κ3) is 7.62. The van der Waals surface area contributed by atoms with Crippen LogP contribution in [-0.2, 0) is 0 Å². The van der Waals surface area contributed by atoms with E-state index in [4.69, 9.17) is 0 Å². The molecular formula is C26H48O4. The first kappa shape index (κ1) is 25.8. The van der Waals surface area contributed by atoms with E-state index in [1.54, 1.807) is 0 Å². The van der Waals surface area contributed by atoms with Crippen LogP contribution in [-0.4, -0.2) is 45.8 Å². The molecule has 0 aromatic heterocycles. The molecule has 30 heavy (non-hydrogen) atoms. The van der Waals surface area contributed by atoms with Gasteiger partial charge in [-0.3, -0.25) is 0 Å². The van der Waals surface area contributed by atoms with E-state index in [1.165, 1.54) is 0 Å². The highest BCUT2D eigenvalue weighted by atomic mass is 16.3. The average molecular weight is 425 g/mol. The number of aliphatic hydroxyl groups excluding tert-OH is 4. The Kier molecular flexibility index (Phi) is 9.86. The largest absolute Gasteiger partial charge is 0.396 e. The fourth-order valence-corrected chi connectivity index (χ4v) is 5.37. The highest BCUT2D eigenvalue weighted by Crippen LogP contribution is 2.39.